The topological polar surface area (TPSA) is 66.9 Å². The van der Waals surface area contributed by atoms with Gasteiger partial charge in [0.1, 0.15) is 5.82 Å². The Hall–Kier alpha value is -1.65. The lowest BCUT2D eigenvalue weighted by Gasteiger charge is -2.39. The van der Waals surface area contributed by atoms with E-state index in [2.05, 4.69) is 34.4 Å². The summed E-state index contributed by atoms with van der Waals surface area (Å²) in [5.41, 5.74) is 1.12. The third-order valence-electron chi connectivity index (χ3n) is 3.98. The van der Waals surface area contributed by atoms with E-state index in [1.165, 1.54) is 6.42 Å². The van der Waals surface area contributed by atoms with Crippen LogP contribution >= 0.6 is 0 Å². The highest BCUT2D eigenvalue weighted by molar-refractivity contribution is 5.98. The van der Waals surface area contributed by atoms with E-state index in [0.29, 0.717) is 11.5 Å². The minimum absolute atomic E-state index is 0.0674. The first-order chi connectivity index (χ1) is 9.95. The molecule has 1 fully saturated rings. The van der Waals surface area contributed by atoms with Crippen LogP contribution in [0.4, 0.5) is 5.69 Å². The quantitative estimate of drug-likeness (QED) is 0.845. The van der Waals surface area contributed by atoms with E-state index in [9.17, 15) is 4.79 Å². The Morgan fingerprint density at radius 3 is 2.67 bits per heavy atom. The molecule has 1 saturated carbocycles. The van der Waals surface area contributed by atoms with Crippen molar-refractivity contribution in [3.05, 3.63) is 17.7 Å². The Morgan fingerprint density at radius 1 is 1.43 bits per heavy atom. The third kappa shape index (κ3) is 3.71. The molecule has 0 radical (unpaired) electrons. The van der Waals surface area contributed by atoms with Crippen molar-refractivity contribution in [2.24, 2.45) is 0 Å². The van der Waals surface area contributed by atoms with Crippen LogP contribution in [0.1, 0.15) is 75.6 Å². The average molecular weight is 290 g/mol. The van der Waals surface area contributed by atoms with Gasteiger partial charge in [0.2, 0.25) is 0 Å². The zero-order valence-electron chi connectivity index (χ0n) is 13.5. The lowest BCUT2D eigenvalue weighted by Crippen LogP contribution is -2.51. The molecule has 1 aliphatic carbocycles. The Bertz CT molecular complexity index is 509. The molecule has 5 heteroatoms. The minimum Gasteiger partial charge on any atom is -0.382 e. The average Bonchev–Trinajstić information content (AvgIpc) is 2.43. The molecule has 1 amide bonds. The van der Waals surface area contributed by atoms with Crippen molar-refractivity contribution in [3.63, 3.8) is 0 Å². The summed E-state index contributed by atoms with van der Waals surface area (Å²) in [5, 5.41) is 6.37. The van der Waals surface area contributed by atoms with Crippen LogP contribution in [0.5, 0.6) is 0 Å². The van der Waals surface area contributed by atoms with Gasteiger partial charge in [-0.2, -0.15) is 0 Å². The lowest BCUT2D eigenvalue weighted by atomic mass is 9.78. The molecule has 0 atom stereocenters. The third-order valence-corrected chi connectivity index (χ3v) is 3.98. The van der Waals surface area contributed by atoms with Crippen LogP contribution in [-0.2, 0) is 0 Å². The molecule has 0 aliphatic heterocycles. The van der Waals surface area contributed by atoms with Crippen molar-refractivity contribution < 1.29 is 4.79 Å². The van der Waals surface area contributed by atoms with Gasteiger partial charge >= 0.3 is 0 Å². The van der Waals surface area contributed by atoms with Crippen molar-refractivity contribution in [1.29, 1.82) is 0 Å². The standard InChI is InChI=1S/C16H26N4O/c1-5-9-17-12-10-18-14(11(2)3)19-13(12)15(21)20-16(4)7-6-8-16/h10-11,17H,5-9H2,1-4H3,(H,20,21). The molecule has 116 valence electrons. The molecule has 1 aliphatic rings. The fourth-order valence-electron chi connectivity index (χ4n) is 2.40. The van der Waals surface area contributed by atoms with Crippen LogP contribution in [-0.4, -0.2) is 28.0 Å². The van der Waals surface area contributed by atoms with E-state index in [1.54, 1.807) is 6.20 Å². The molecule has 0 bridgehead atoms. The molecule has 1 aromatic rings. The summed E-state index contributed by atoms with van der Waals surface area (Å²) < 4.78 is 0. The Balaban J connectivity index is 2.23. The van der Waals surface area contributed by atoms with Crippen molar-refractivity contribution >= 4 is 11.6 Å². The Kier molecular flexibility index (Phi) is 4.80. The first-order valence-electron chi connectivity index (χ1n) is 7.88. The zero-order valence-corrected chi connectivity index (χ0v) is 13.5. The number of carbonyl (C=O) groups is 1. The molecule has 2 N–H and O–H groups in total. The first kappa shape index (κ1) is 15.7. The van der Waals surface area contributed by atoms with Gasteiger partial charge in [0.15, 0.2) is 5.69 Å². The maximum atomic E-state index is 12.6. The molecule has 0 unspecified atom stereocenters. The zero-order chi connectivity index (χ0) is 15.5. The molecule has 1 heterocycles. The number of nitrogens with one attached hydrogen (secondary N) is 2. The van der Waals surface area contributed by atoms with Crippen molar-refractivity contribution in [2.75, 3.05) is 11.9 Å². The summed E-state index contributed by atoms with van der Waals surface area (Å²) in [5.74, 6) is 0.817. The van der Waals surface area contributed by atoms with Crippen LogP contribution in [0, 0.1) is 0 Å². The molecule has 0 saturated heterocycles. The number of nitrogens with zero attached hydrogens (tertiary/aromatic N) is 2. The Labute approximate surface area is 127 Å². The minimum atomic E-state index is -0.0971. The molecule has 21 heavy (non-hydrogen) atoms. The van der Waals surface area contributed by atoms with Gasteiger partial charge in [-0.1, -0.05) is 20.8 Å². The van der Waals surface area contributed by atoms with E-state index in [4.69, 9.17) is 0 Å². The van der Waals surface area contributed by atoms with Crippen LogP contribution in [0.2, 0.25) is 0 Å². The van der Waals surface area contributed by atoms with Crippen molar-refractivity contribution in [2.45, 2.75) is 64.8 Å². The van der Waals surface area contributed by atoms with Crippen LogP contribution in [0.3, 0.4) is 0 Å². The first-order valence-corrected chi connectivity index (χ1v) is 7.88. The molecule has 2 rings (SSSR count). The second-order valence-electron chi connectivity index (χ2n) is 6.44. The van der Waals surface area contributed by atoms with Gasteiger partial charge < -0.3 is 10.6 Å². The normalized spacial score (nSPS) is 16.4. The SMILES string of the molecule is CCCNc1cnc(C(C)C)nc1C(=O)NC1(C)CCC1. The van der Waals surface area contributed by atoms with Crippen molar-refractivity contribution in [1.82, 2.24) is 15.3 Å². The highest BCUT2D eigenvalue weighted by Crippen LogP contribution is 2.31. The fourth-order valence-corrected chi connectivity index (χ4v) is 2.40. The second kappa shape index (κ2) is 6.41. The summed E-state index contributed by atoms with van der Waals surface area (Å²) in [6.07, 6.45) is 5.98. The summed E-state index contributed by atoms with van der Waals surface area (Å²) in [6.45, 7) is 9.05. The molecule has 1 aromatic heterocycles. The van der Waals surface area contributed by atoms with Gasteiger partial charge in [0.05, 0.1) is 11.9 Å². The smallest absolute Gasteiger partial charge is 0.272 e. The van der Waals surface area contributed by atoms with Gasteiger partial charge in [0.25, 0.3) is 5.91 Å². The highest BCUT2D eigenvalue weighted by Gasteiger charge is 2.34. The van der Waals surface area contributed by atoms with Gasteiger partial charge in [-0.3, -0.25) is 4.79 Å². The number of anilines is 1. The summed E-state index contributed by atoms with van der Waals surface area (Å²) in [4.78, 5) is 21.4. The van der Waals surface area contributed by atoms with Gasteiger partial charge in [-0.15, -0.1) is 0 Å². The molecular formula is C16H26N4O. The van der Waals surface area contributed by atoms with E-state index >= 15 is 0 Å². The van der Waals surface area contributed by atoms with E-state index in [0.717, 1.165) is 31.5 Å². The van der Waals surface area contributed by atoms with Gasteiger partial charge in [-0.05, 0) is 32.6 Å². The van der Waals surface area contributed by atoms with E-state index in [-0.39, 0.29) is 17.4 Å². The predicted octanol–water partition coefficient (Wildman–Crippen LogP) is 3.09. The molecule has 5 nitrogen and oxygen atoms in total. The van der Waals surface area contributed by atoms with Crippen molar-refractivity contribution in [3.8, 4) is 0 Å². The highest BCUT2D eigenvalue weighted by atomic mass is 16.2. The summed E-state index contributed by atoms with van der Waals surface area (Å²) in [6, 6.07) is 0. The monoisotopic (exact) mass is 290 g/mol. The summed E-state index contributed by atoms with van der Waals surface area (Å²) >= 11 is 0. The number of aromatic nitrogens is 2. The number of hydrogen-bond donors (Lipinski definition) is 2. The molecule has 0 aromatic carbocycles. The maximum Gasteiger partial charge on any atom is 0.272 e. The molecule has 0 spiro atoms. The fraction of sp³-hybridized carbons (Fsp3) is 0.688. The lowest BCUT2D eigenvalue weighted by molar-refractivity contribution is 0.0845. The number of amides is 1. The number of hydrogen-bond acceptors (Lipinski definition) is 4. The Morgan fingerprint density at radius 2 is 2.14 bits per heavy atom. The van der Waals surface area contributed by atoms with Crippen LogP contribution in [0.25, 0.3) is 0 Å². The second-order valence-corrected chi connectivity index (χ2v) is 6.44. The predicted molar refractivity (Wildman–Crippen MR) is 84.6 cm³/mol. The van der Waals surface area contributed by atoms with Gasteiger partial charge in [0, 0.05) is 18.0 Å². The largest absolute Gasteiger partial charge is 0.382 e. The van der Waals surface area contributed by atoms with Gasteiger partial charge in [-0.25, -0.2) is 9.97 Å². The van der Waals surface area contributed by atoms with Crippen LogP contribution < -0.4 is 10.6 Å². The van der Waals surface area contributed by atoms with E-state index < -0.39 is 0 Å². The maximum absolute atomic E-state index is 12.6. The molecular weight excluding hydrogens is 264 g/mol. The van der Waals surface area contributed by atoms with Crippen LogP contribution in [0.15, 0.2) is 6.20 Å². The number of rotatable bonds is 6. The van der Waals surface area contributed by atoms with E-state index in [1.807, 2.05) is 13.8 Å². The summed E-state index contributed by atoms with van der Waals surface area (Å²) in [7, 11) is 0. The number of carbonyl (C=O) groups excluding carboxylic acids is 1.